The molecule has 1 saturated carbocycles. The average molecular weight is 462 g/mol. The molecule has 8 nitrogen and oxygen atoms in total. The summed E-state index contributed by atoms with van der Waals surface area (Å²) >= 11 is 0. The molecule has 184 valence electrons. The molecule has 0 unspecified atom stereocenters. The largest absolute Gasteiger partial charge is 0.494 e. The quantitative estimate of drug-likeness (QED) is 0.342. The van der Waals surface area contributed by atoms with E-state index in [-0.39, 0.29) is 5.75 Å². The minimum atomic E-state index is -0.446. The second-order valence-electron chi connectivity index (χ2n) is 9.12. The Labute approximate surface area is 197 Å². The minimum absolute atomic E-state index is 0.194. The fourth-order valence-corrected chi connectivity index (χ4v) is 4.47. The number of likely N-dealkylation sites (tertiary alicyclic amines) is 1. The van der Waals surface area contributed by atoms with E-state index in [0.717, 1.165) is 25.9 Å². The van der Waals surface area contributed by atoms with Crippen molar-refractivity contribution < 1.29 is 9.13 Å². The molecule has 0 amide bonds. The van der Waals surface area contributed by atoms with Gasteiger partial charge >= 0.3 is 0 Å². The van der Waals surface area contributed by atoms with E-state index in [9.17, 15) is 4.39 Å². The van der Waals surface area contributed by atoms with Crippen LogP contribution in [0.15, 0.2) is 28.2 Å². The van der Waals surface area contributed by atoms with Gasteiger partial charge in [-0.25, -0.2) is 9.38 Å². The maximum absolute atomic E-state index is 14.2. The van der Waals surface area contributed by atoms with Gasteiger partial charge in [0, 0.05) is 30.9 Å². The number of nitrogens with one attached hydrogen (secondary N) is 2. The number of ether oxygens (including phenoxy) is 1. The van der Waals surface area contributed by atoms with E-state index in [4.69, 9.17) is 10.5 Å². The van der Waals surface area contributed by atoms with Crippen LogP contribution in [0.5, 0.6) is 5.75 Å². The Bertz CT molecular complexity index is 800. The summed E-state index contributed by atoms with van der Waals surface area (Å²) in [5.41, 5.74) is 6.92. The van der Waals surface area contributed by atoms with Crippen LogP contribution in [0.2, 0.25) is 0 Å². The van der Waals surface area contributed by atoms with Gasteiger partial charge < -0.3 is 25.6 Å². The van der Waals surface area contributed by atoms with Crippen molar-refractivity contribution in [3.8, 4) is 5.75 Å². The Morgan fingerprint density at radius 3 is 2.52 bits per heavy atom. The Balaban J connectivity index is 1.71. The predicted octanol–water partition coefficient (Wildman–Crippen LogP) is 3.21. The van der Waals surface area contributed by atoms with Crippen LogP contribution in [0.4, 0.5) is 10.1 Å². The summed E-state index contributed by atoms with van der Waals surface area (Å²) in [6.45, 7) is 2.51. The van der Waals surface area contributed by atoms with Gasteiger partial charge in [-0.05, 0) is 58.0 Å². The normalized spacial score (nSPS) is 19.9. The van der Waals surface area contributed by atoms with Crippen LogP contribution in [-0.2, 0) is 0 Å². The highest BCUT2D eigenvalue weighted by Crippen LogP contribution is 2.21. The number of nitrogens with two attached hydrogens (primary N) is 1. The van der Waals surface area contributed by atoms with Crippen LogP contribution < -0.4 is 21.1 Å². The smallest absolute Gasteiger partial charge is 0.227 e. The van der Waals surface area contributed by atoms with Crippen molar-refractivity contribution >= 4 is 17.6 Å². The molecule has 33 heavy (non-hydrogen) atoms. The summed E-state index contributed by atoms with van der Waals surface area (Å²) in [6.07, 6.45) is 9.54. The first kappa shape index (κ1) is 25.2. The molecule has 2 aliphatic rings. The van der Waals surface area contributed by atoms with Gasteiger partial charge in [-0.1, -0.05) is 25.7 Å². The maximum atomic E-state index is 14.2. The molecular formula is C24H40FN7O. The number of halogens is 1. The summed E-state index contributed by atoms with van der Waals surface area (Å²) < 4.78 is 19.2. The van der Waals surface area contributed by atoms with Gasteiger partial charge in [0.1, 0.15) is 0 Å². The zero-order valence-corrected chi connectivity index (χ0v) is 20.3. The summed E-state index contributed by atoms with van der Waals surface area (Å²) in [5.74, 6) is 0.509. The SMILES string of the molecule is COc1ccc(NC(=N/CNC2CCCCCC2)/N=C(\N)N(C)C2CCN(C)CC2)cc1F. The molecule has 0 atom stereocenters. The van der Waals surface area contributed by atoms with Crippen LogP contribution in [-0.4, -0.2) is 74.8 Å². The Morgan fingerprint density at radius 2 is 1.88 bits per heavy atom. The minimum Gasteiger partial charge on any atom is -0.494 e. The highest BCUT2D eigenvalue weighted by molar-refractivity contribution is 6.01. The van der Waals surface area contributed by atoms with Gasteiger partial charge in [0.05, 0.1) is 13.8 Å². The van der Waals surface area contributed by atoms with E-state index in [1.165, 1.54) is 51.7 Å². The molecule has 1 heterocycles. The molecule has 1 aromatic carbocycles. The van der Waals surface area contributed by atoms with E-state index in [2.05, 4.69) is 32.6 Å². The third-order valence-corrected chi connectivity index (χ3v) is 6.69. The van der Waals surface area contributed by atoms with Gasteiger partial charge in [-0.3, -0.25) is 5.32 Å². The van der Waals surface area contributed by atoms with Gasteiger partial charge in [-0.2, -0.15) is 4.99 Å². The summed E-state index contributed by atoms with van der Waals surface area (Å²) in [6, 6.07) is 5.51. The molecule has 9 heteroatoms. The molecule has 1 aliphatic heterocycles. The fraction of sp³-hybridized carbons (Fsp3) is 0.667. The van der Waals surface area contributed by atoms with E-state index < -0.39 is 5.82 Å². The number of anilines is 1. The number of aliphatic imine (C=N–C) groups is 2. The second-order valence-corrected chi connectivity index (χ2v) is 9.12. The van der Waals surface area contributed by atoms with Crippen molar-refractivity contribution in [2.45, 2.75) is 63.5 Å². The van der Waals surface area contributed by atoms with Crippen LogP contribution in [0, 0.1) is 5.82 Å². The number of nitrogens with zero attached hydrogens (tertiary/aromatic N) is 4. The predicted molar refractivity (Wildman–Crippen MR) is 133 cm³/mol. The number of benzene rings is 1. The first-order chi connectivity index (χ1) is 16.0. The van der Waals surface area contributed by atoms with Crippen LogP contribution in [0.1, 0.15) is 51.4 Å². The molecule has 0 radical (unpaired) electrons. The van der Waals surface area contributed by atoms with Crippen LogP contribution in [0.3, 0.4) is 0 Å². The molecule has 0 spiro atoms. The highest BCUT2D eigenvalue weighted by Gasteiger charge is 2.22. The number of methoxy groups -OCH3 is 1. The van der Waals surface area contributed by atoms with Crippen molar-refractivity contribution in [2.24, 2.45) is 15.7 Å². The molecule has 1 aromatic rings. The maximum Gasteiger partial charge on any atom is 0.227 e. The van der Waals surface area contributed by atoms with Gasteiger partial charge in [0.2, 0.25) is 5.96 Å². The standard InChI is InChI=1S/C24H40FN7O/c1-31-14-12-20(13-15-31)32(2)23(26)30-24(28-17-27-18-8-6-4-5-7-9-18)29-19-10-11-22(33-3)21(25)16-19/h10-11,16,18,20,27H,4-9,12-15,17H2,1-3H3,(H3,26,28,29,30). The van der Waals surface area contributed by atoms with Crippen LogP contribution in [0.25, 0.3) is 0 Å². The number of guanidine groups is 2. The summed E-state index contributed by atoms with van der Waals surface area (Å²) in [7, 11) is 5.56. The molecule has 1 saturated heterocycles. The molecule has 0 bridgehead atoms. The molecule has 2 fully saturated rings. The van der Waals surface area contributed by atoms with E-state index in [0.29, 0.717) is 36.4 Å². The van der Waals surface area contributed by atoms with Crippen molar-refractivity contribution in [3.05, 3.63) is 24.0 Å². The molecular weight excluding hydrogens is 421 g/mol. The Kier molecular flexibility index (Phi) is 9.75. The average Bonchev–Trinajstić information content (AvgIpc) is 3.08. The number of hydrogen-bond acceptors (Lipinski definition) is 4. The zero-order valence-electron chi connectivity index (χ0n) is 20.3. The summed E-state index contributed by atoms with van der Waals surface area (Å²) in [4.78, 5) is 13.6. The molecule has 3 rings (SSSR count). The molecule has 4 N–H and O–H groups in total. The second kappa shape index (κ2) is 12.7. The van der Waals surface area contributed by atoms with Crippen molar-refractivity contribution in [3.63, 3.8) is 0 Å². The van der Waals surface area contributed by atoms with Gasteiger partial charge in [-0.15, -0.1) is 0 Å². The van der Waals surface area contributed by atoms with Gasteiger partial charge in [0.25, 0.3) is 0 Å². The van der Waals surface area contributed by atoms with Gasteiger partial charge in [0.15, 0.2) is 17.5 Å². The third-order valence-electron chi connectivity index (χ3n) is 6.69. The highest BCUT2D eigenvalue weighted by atomic mass is 19.1. The Morgan fingerprint density at radius 1 is 1.18 bits per heavy atom. The first-order valence-electron chi connectivity index (χ1n) is 12.1. The van der Waals surface area contributed by atoms with Crippen molar-refractivity contribution in [1.82, 2.24) is 15.1 Å². The van der Waals surface area contributed by atoms with E-state index >= 15 is 0 Å². The third kappa shape index (κ3) is 7.85. The number of rotatable bonds is 6. The molecule has 1 aliphatic carbocycles. The van der Waals surface area contributed by atoms with Crippen LogP contribution >= 0.6 is 0 Å². The Hall–Kier alpha value is -2.39. The first-order valence-corrected chi connectivity index (χ1v) is 12.1. The fourth-order valence-electron chi connectivity index (χ4n) is 4.47. The lowest BCUT2D eigenvalue weighted by atomic mass is 10.0. The van der Waals surface area contributed by atoms with Crippen molar-refractivity contribution in [2.75, 3.05) is 46.3 Å². The zero-order chi connectivity index (χ0) is 23.6. The van der Waals surface area contributed by atoms with Crippen molar-refractivity contribution in [1.29, 1.82) is 0 Å². The van der Waals surface area contributed by atoms with E-state index in [1.54, 1.807) is 12.1 Å². The van der Waals surface area contributed by atoms with E-state index in [1.807, 2.05) is 11.9 Å². The number of piperidine rings is 1. The topological polar surface area (TPSA) is 90.5 Å². The lowest BCUT2D eigenvalue weighted by molar-refractivity contribution is 0.191. The summed E-state index contributed by atoms with van der Waals surface area (Å²) in [5, 5.41) is 6.66. The lowest BCUT2D eigenvalue weighted by Crippen LogP contribution is -2.47. The monoisotopic (exact) mass is 461 g/mol. The lowest BCUT2D eigenvalue weighted by Gasteiger charge is -2.35. The number of hydrogen-bond donors (Lipinski definition) is 3. The molecule has 0 aromatic heterocycles.